The number of carboxylic acids is 1. The van der Waals surface area contributed by atoms with Gasteiger partial charge in [-0.3, -0.25) is 4.79 Å². The van der Waals surface area contributed by atoms with Crippen molar-refractivity contribution in [1.82, 2.24) is 0 Å². The van der Waals surface area contributed by atoms with E-state index in [9.17, 15) is 9.90 Å². The van der Waals surface area contributed by atoms with Crippen LogP contribution < -0.4 is 0 Å². The van der Waals surface area contributed by atoms with Gasteiger partial charge in [-0.25, -0.2) is 0 Å². The Labute approximate surface area is 133 Å². The van der Waals surface area contributed by atoms with Gasteiger partial charge in [0.15, 0.2) is 0 Å². The topological polar surface area (TPSA) is 37.3 Å². The van der Waals surface area contributed by atoms with Crippen LogP contribution in [0.5, 0.6) is 0 Å². The van der Waals surface area contributed by atoms with Gasteiger partial charge in [0.05, 0.1) is 0 Å². The zero-order chi connectivity index (χ0) is 15.4. The molecule has 22 heavy (non-hydrogen) atoms. The van der Waals surface area contributed by atoms with E-state index < -0.39 is 11.2 Å². The van der Waals surface area contributed by atoms with E-state index in [-0.39, 0.29) is 0 Å². The van der Waals surface area contributed by atoms with E-state index in [1.807, 2.05) is 54.6 Å². The lowest BCUT2D eigenvalue weighted by Gasteiger charge is -2.14. The highest BCUT2D eigenvalue weighted by atomic mass is 32.2. The van der Waals surface area contributed by atoms with Crippen LogP contribution in [0.4, 0.5) is 0 Å². The Morgan fingerprint density at radius 3 is 2.36 bits per heavy atom. The lowest BCUT2D eigenvalue weighted by Crippen LogP contribution is -2.19. The van der Waals surface area contributed by atoms with Gasteiger partial charge in [-0.2, -0.15) is 0 Å². The highest BCUT2D eigenvalue weighted by molar-refractivity contribution is 8.00. The molecule has 0 aliphatic heterocycles. The second-order valence-electron chi connectivity index (χ2n) is 5.10. The second kappa shape index (κ2) is 6.67. The van der Waals surface area contributed by atoms with Crippen molar-refractivity contribution in [3.8, 4) is 0 Å². The van der Waals surface area contributed by atoms with E-state index in [0.717, 1.165) is 21.2 Å². The molecule has 0 radical (unpaired) electrons. The number of benzene rings is 3. The summed E-state index contributed by atoms with van der Waals surface area (Å²) in [6.07, 6.45) is 0.510. The van der Waals surface area contributed by atoms with E-state index >= 15 is 0 Å². The molecule has 1 atom stereocenters. The maximum Gasteiger partial charge on any atom is 0.317 e. The Balaban J connectivity index is 1.88. The molecule has 0 heterocycles. The molecule has 0 aromatic heterocycles. The molecule has 0 aliphatic carbocycles. The third-order valence-corrected chi connectivity index (χ3v) is 4.78. The monoisotopic (exact) mass is 308 g/mol. The minimum absolute atomic E-state index is 0.492. The van der Waals surface area contributed by atoms with Crippen LogP contribution in [0.3, 0.4) is 0 Å². The van der Waals surface area contributed by atoms with E-state index in [0.29, 0.717) is 6.42 Å². The molecule has 3 aromatic rings. The van der Waals surface area contributed by atoms with E-state index in [1.165, 1.54) is 11.8 Å². The zero-order valence-electron chi connectivity index (χ0n) is 12.0. The van der Waals surface area contributed by atoms with Crippen molar-refractivity contribution in [2.24, 2.45) is 0 Å². The van der Waals surface area contributed by atoms with Crippen molar-refractivity contribution >= 4 is 28.5 Å². The van der Waals surface area contributed by atoms with Crippen molar-refractivity contribution in [1.29, 1.82) is 0 Å². The van der Waals surface area contributed by atoms with Gasteiger partial charge >= 0.3 is 5.97 Å². The number of carbonyl (C=O) groups is 1. The molecular formula is C19H16O2S. The number of hydrogen-bond donors (Lipinski definition) is 1. The molecule has 3 heteroatoms. The van der Waals surface area contributed by atoms with Crippen molar-refractivity contribution < 1.29 is 9.90 Å². The molecule has 0 saturated carbocycles. The number of carboxylic acid groups (broad SMARTS) is 1. The van der Waals surface area contributed by atoms with Gasteiger partial charge in [-0.15, -0.1) is 11.8 Å². The van der Waals surface area contributed by atoms with Crippen LogP contribution in [0.1, 0.15) is 5.56 Å². The van der Waals surface area contributed by atoms with Crippen LogP contribution in [0.2, 0.25) is 0 Å². The SMILES string of the molecule is O=C(O)C(Cc1cccc2ccccc12)Sc1ccccc1. The summed E-state index contributed by atoms with van der Waals surface area (Å²) in [6, 6.07) is 23.9. The first kappa shape index (κ1) is 14.7. The van der Waals surface area contributed by atoms with Gasteiger partial charge in [-0.05, 0) is 34.9 Å². The molecule has 0 amide bonds. The van der Waals surface area contributed by atoms with Crippen molar-refractivity contribution in [3.63, 3.8) is 0 Å². The maximum absolute atomic E-state index is 11.6. The summed E-state index contributed by atoms with van der Waals surface area (Å²) >= 11 is 1.40. The standard InChI is InChI=1S/C19H16O2S/c20-19(21)18(22-16-10-2-1-3-11-16)13-15-9-6-8-14-7-4-5-12-17(14)15/h1-12,18H,13H2,(H,20,21). The number of thioether (sulfide) groups is 1. The van der Waals surface area contributed by atoms with Crippen LogP contribution in [-0.2, 0) is 11.2 Å². The van der Waals surface area contributed by atoms with E-state index in [4.69, 9.17) is 0 Å². The molecule has 0 spiro atoms. The van der Waals surface area contributed by atoms with Gasteiger partial charge in [0, 0.05) is 4.90 Å². The van der Waals surface area contributed by atoms with Crippen LogP contribution in [0.25, 0.3) is 10.8 Å². The Kier molecular flexibility index (Phi) is 4.45. The van der Waals surface area contributed by atoms with Gasteiger partial charge < -0.3 is 5.11 Å². The predicted octanol–water partition coefficient (Wildman–Crippen LogP) is 4.63. The molecule has 2 nitrogen and oxygen atoms in total. The number of fused-ring (bicyclic) bond motifs is 1. The minimum atomic E-state index is -0.776. The van der Waals surface area contributed by atoms with Crippen molar-refractivity contribution in [3.05, 3.63) is 78.4 Å². The van der Waals surface area contributed by atoms with Crippen molar-refractivity contribution in [2.75, 3.05) is 0 Å². The minimum Gasteiger partial charge on any atom is -0.480 e. The van der Waals surface area contributed by atoms with Gasteiger partial charge in [0.1, 0.15) is 5.25 Å². The maximum atomic E-state index is 11.6. The summed E-state index contributed by atoms with van der Waals surface area (Å²) in [5, 5.41) is 11.3. The number of aliphatic carboxylic acids is 1. The summed E-state index contributed by atoms with van der Waals surface area (Å²) in [5.74, 6) is -0.776. The van der Waals surface area contributed by atoms with Gasteiger partial charge in [0.2, 0.25) is 0 Å². The summed E-state index contributed by atoms with van der Waals surface area (Å²) in [4.78, 5) is 12.6. The third-order valence-electron chi connectivity index (χ3n) is 3.58. The Bertz CT molecular complexity index is 778. The largest absolute Gasteiger partial charge is 0.480 e. The fourth-order valence-electron chi connectivity index (χ4n) is 2.51. The zero-order valence-corrected chi connectivity index (χ0v) is 12.8. The Morgan fingerprint density at radius 1 is 0.909 bits per heavy atom. The molecule has 1 unspecified atom stereocenters. The first-order valence-corrected chi connectivity index (χ1v) is 8.03. The van der Waals surface area contributed by atoms with Gasteiger partial charge in [-0.1, -0.05) is 60.7 Å². The van der Waals surface area contributed by atoms with Crippen LogP contribution in [0.15, 0.2) is 77.7 Å². The smallest absolute Gasteiger partial charge is 0.317 e. The predicted molar refractivity (Wildman–Crippen MR) is 91.4 cm³/mol. The van der Waals surface area contributed by atoms with E-state index in [2.05, 4.69) is 18.2 Å². The molecule has 1 N–H and O–H groups in total. The van der Waals surface area contributed by atoms with Crippen LogP contribution >= 0.6 is 11.8 Å². The Hall–Kier alpha value is -2.26. The number of hydrogen-bond acceptors (Lipinski definition) is 2. The summed E-state index contributed by atoms with van der Waals surface area (Å²) in [5.41, 5.74) is 1.08. The second-order valence-corrected chi connectivity index (χ2v) is 6.38. The average Bonchev–Trinajstić information content (AvgIpc) is 2.55. The van der Waals surface area contributed by atoms with E-state index in [1.54, 1.807) is 0 Å². The lowest BCUT2D eigenvalue weighted by atomic mass is 10.0. The molecule has 0 saturated heterocycles. The number of rotatable bonds is 5. The quantitative estimate of drug-likeness (QED) is 0.698. The summed E-state index contributed by atoms with van der Waals surface area (Å²) in [7, 11) is 0. The molecule has 110 valence electrons. The summed E-state index contributed by atoms with van der Waals surface area (Å²) in [6.45, 7) is 0. The Morgan fingerprint density at radius 2 is 1.59 bits per heavy atom. The molecule has 0 fully saturated rings. The highest BCUT2D eigenvalue weighted by Crippen LogP contribution is 2.28. The first-order chi connectivity index (χ1) is 10.7. The fourth-order valence-corrected chi connectivity index (χ4v) is 3.52. The van der Waals surface area contributed by atoms with Crippen molar-refractivity contribution in [2.45, 2.75) is 16.6 Å². The lowest BCUT2D eigenvalue weighted by molar-refractivity contribution is -0.136. The first-order valence-electron chi connectivity index (χ1n) is 7.15. The average molecular weight is 308 g/mol. The molecular weight excluding hydrogens is 292 g/mol. The molecule has 3 aromatic carbocycles. The normalized spacial score (nSPS) is 12.2. The molecule has 0 aliphatic rings. The van der Waals surface area contributed by atoms with Gasteiger partial charge in [0.25, 0.3) is 0 Å². The van der Waals surface area contributed by atoms with Crippen LogP contribution in [-0.4, -0.2) is 16.3 Å². The molecule has 0 bridgehead atoms. The highest BCUT2D eigenvalue weighted by Gasteiger charge is 2.20. The van der Waals surface area contributed by atoms with Crippen LogP contribution in [0, 0.1) is 0 Å². The third kappa shape index (κ3) is 3.31. The fraction of sp³-hybridized carbons (Fsp3) is 0.105. The summed E-state index contributed by atoms with van der Waals surface area (Å²) < 4.78 is 0. The molecule has 3 rings (SSSR count).